The zero-order valence-corrected chi connectivity index (χ0v) is 48.9. The van der Waals surface area contributed by atoms with Gasteiger partial charge in [0.2, 0.25) is 0 Å². The molecule has 26 heteroatoms. The second kappa shape index (κ2) is 149. The Balaban J connectivity index is -0.000000113. The molecule has 6 atom stereocenters. The summed E-state index contributed by atoms with van der Waals surface area (Å²) in [6.45, 7) is 19.5. The lowest BCUT2D eigenvalue weighted by atomic mass is 10.1. The Kier molecular flexibility index (Phi) is 251. The van der Waals surface area contributed by atoms with Crippen LogP contribution in [-0.4, -0.2) is 262 Å². The summed E-state index contributed by atoms with van der Waals surface area (Å²) in [5, 5.41) is 48.8. The molecular weight excluding hydrogens is 1340 g/mol. The van der Waals surface area contributed by atoms with Crippen molar-refractivity contribution < 1.29 is 85.3 Å². The first-order chi connectivity index (χ1) is 39.6. The van der Waals surface area contributed by atoms with Crippen LogP contribution in [0.5, 0.6) is 0 Å². The fraction of sp³-hybridized carbons (Fsp3) is 0.949. The Labute approximate surface area is 655 Å². The molecule has 0 spiro atoms. The molecule has 658 valence electrons. The van der Waals surface area contributed by atoms with Crippen LogP contribution < -0.4 is 21.3 Å². The summed E-state index contributed by atoms with van der Waals surface area (Å²) in [4.78, 5) is 0. The van der Waals surface area contributed by atoms with Crippen molar-refractivity contribution in [2.75, 3.05) is 225 Å². The molecule has 0 bridgehead atoms. The topological polar surface area (TPSA) is 309 Å². The van der Waals surface area contributed by atoms with Gasteiger partial charge in [-0.2, -0.15) is 21.0 Å². The van der Waals surface area contributed by atoms with E-state index in [-0.39, 0.29) is 310 Å². The standard InChI is InChI=1S/C54H102N8O18.24CH4/c1-5-63-45-59-19-29-73-43-50(76-31-21-61-47-65-7-3)53(79-32-22-62-48-66-8-4)49(75-30-20-60-46-64-6-2)41-71-23-9-10-24-72-42-51(77-38-35-68-26-12-16-56)54(80-40-37-70-28-14-18-58)52(78-39-36-69-27-13-17-57)44-74-34-33-67-25-11-15-55;;;;;;;;;;;;;;;;;;;;;;;;/h49-54,59-62H,5-14,19-48H2,1-4H3;24*1H4. The van der Waals surface area contributed by atoms with E-state index in [9.17, 15) is 0 Å². The van der Waals surface area contributed by atoms with Crippen LogP contribution in [0.3, 0.4) is 0 Å². The fourth-order valence-electron chi connectivity index (χ4n) is 6.78. The van der Waals surface area contributed by atoms with E-state index >= 15 is 0 Å². The molecule has 4 N–H and O–H groups in total. The van der Waals surface area contributed by atoms with Crippen molar-refractivity contribution in [1.82, 2.24) is 21.3 Å². The maximum atomic E-state index is 9.01. The third kappa shape index (κ3) is 117. The van der Waals surface area contributed by atoms with Gasteiger partial charge < -0.3 is 85.3 Å². The Bertz CT molecular complexity index is 1460. The minimum Gasteiger partial charge on any atom is -0.379 e. The molecule has 0 aliphatic heterocycles. The molecule has 0 rings (SSSR count). The molecule has 6 unspecified atom stereocenters. The van der Waals surface area contributed by atoms with Crippen molar-refractivity contribution in [1.29, 1.82) is 21.0 Å². The first kappa shape index (κ1) is 175. The SMILES string of the molecule is C.C.C.C.C.C.C.C.C.C.C.C.C.C.C.C.C.C.C.C.C.C.C.C.CCOCNCCOCC(OCCNCOCC)C(OCCNCOCC)C(COCCCCOCC(OCCOCCC#N)C(OCCOCCC#N)C(COCCOCCC#N)OCCOCCC#N)OCCNCOCC. The van der Waals surface area contributed by atoms with Crippen LogP contribution >= 0.6 is 0 Å². The molecule has 0 aromatic heterocycles. The maximum Gasteiger partial charge on any atom is 0.114 e. The zero-order chi connectivity index (χ0) is 58.1. The van der Waals surface area contributed by atoms with Gasteiger partial charge in [0.15, 0.2) is 0 Å². The summed E-state index contributed by atoms with van der Waals surface area (Å²) in [5.41, 5.74) is 0. The van der Waals surface area contributed by atoms with Crippen LogP contribution in [0.4, 0.5) is 0 Å². The van der Waals surface area contributed by atoms with Crippen LogP contribution in [0.2, 0.25) is 0 Å². The van der Waals surface area contributed by atoms with Gasteiger partial charge in [0.25, 0.3) is 0 Å². The van der Waals surface area contributed by atoms with E-state index in [2.05, 4.69) is 45.5 Å². The van der Waals surface area contributed by atoms with Crippen LogP contribution in [0.1, 0.15) is 244 Å². The van der Waals surface area contributed by atoms with Crippen molar-refractivity contribution in [3.8, 4) is 24.3 Å². The quantitative estimate of drug-likeness (QED) is 0.0325. The van der Waals surface area contributed by atoms with Gasteiger partial charge in [-0.15, -0.1) is 0 Å². The number of hydrogen-bond donors (Lipinski definition) is 4. The lowest BCUT2D eigenvalue weighted by molar-refractivity contribution is -0.179. The van der Waals surface area contributed by atoms with Crippen LogP contribution in [0.25, 0.3) is 0 Å². The van der Waals surface area contributed by atoms with Crippen LogP contribution in [0, 0.1) is 45.3 Å². The maximum absolute atomic E-state index is 9.01. The Morgan fingerprint density at radius 2 is 0.423 bits per heavy atom. The first-order valence-electron chi connectivity index (χ1n) is 28.5. The average molecular weight is 1540 g/mol. The Morgan fingerprint density at radius 1 is 0.221 bits per heavy atom. The summed E-state index contributed by atoms with van der Waals surface area (Å²) in [6.07, 6.45) is -1.53. The van der Waals surface area contributed by atoms with Gasteiger partial charge in [-0.05, 0) is 40.5 Å². The smallest absolute Gasteiger partial charge is 0.114 e. The number of rotatable bonds is 67. The number of ether oxygens (including phenoxy) is 18. The van der Waals surface area contributed by atoms with Crippen molar-refractivity contribution >= 4 is 0 Å². The van der Waals surface area contributed by atoms with Gasteiger partial charge >= 0.3 is 0 Å². The van der Waals surface area contributed by atoms with E-state index in [4.69, 9.17) is 106 Å². The number of nitriles is 4. The predicted molar refractivity (Wildman–Crippen MR) is 455 cm³/mol. The Morgan fingerprint density at radius 3 is 0.692 bits per heavy atom. The number of nitrogens with one attached hydrogen (secondary N) is 4. The molecule has 0 amide bonds. The molecule has 0 aliphatic rings. The fourth-order valence-corrected chi connectivity index (χ4v) is 6.78. The van der Waals surface area contributed by atoms with Crippen LogP contribution in [0.15, 0.2) is 0 Å². The van der Waals surface area contributed by atoms with E-state index in [1.807, 2.05) is 27.7 Å². The molecule has 0 aliphatic carbocycles. The molecule has 104 heavy (non-hydrogen) atoms. The van der Waals surface area contributed by atoms with Crippen molar-refractivity contribution in [3.63, 3.8) is 0 Å². The molecule has 0 fully saturated rings. The molecular formula is C78H198N8O18. The van der Waals surface area contributed by atoms with Gasteiger partial charge in [0, 0.05) is 65.8 Å². The highest BCUT2D eigenvalue weighted by Crippen LogP contribution is 2.17. The van der Waals surface area contributed by atoms with Crippen molar-refractivity contribution in [2.24, 2.45) is 0 Å². The van der Waals surface area contributed by atoms with Crippen molar-refractivity contribution in [3.05, 3.63) is 0 Å². The first-order valence-corrected chi connectivity index (χ1v) is 28.5. The van der Waals surface area contributed by atoms with E-state index < -0.39 is 36.6 Å². The number of nitrogens with zero attached hydrogens (tertiary/aromatic N) is 4. The van der Waals surface area contributed by atoms with E-state index in [0.717, 1.165) is 0 Å². The van der Waals surface area contributed by atoms with Gasteiger partial charge in [0.05, 0.1) is 209 Å². The predicted octanol–water partition coefficient (Wildman–Crippen LogP) is 17.5. The zero-order valence-electron chi connectivity index (χ0n) is 48.9. The Hall–Kier alpha value is -2.92. The summed E-state index contributed by atoms with van der Waals surface area (Å²) in [5.74, 6) is 0. The molecule has 0 aromatic rings. The average Bonchev–Trinajstić information content (AvgIpc) is 0.882. The minimum absolute atomic E-state index is 0. The second-order valence-electron chi connectivity index (χ2n) is 16.9. The lowest BCUT2D eigenvalue weighted by Gasteiger charge is -2.34. The molecule has 0 radical (unpaired) electrons. The lowest BCUT2D eigenvalue weighted by Crippen LogP contribution is -2.49. The highest BCUT2D eigenvalue weighted by molar-refractivity contribution is 4.83. The van der Waals surface area contributed by atoms with Crippen LogP contribution in [-0.2, 0) is 85.3 Å². The number of hydrogen-bond acceptors (Lipinski definition) is 26. The van der Waals surface area contributed by atoms with Gasteiger partial charge in [-0.25, -0.2) is 0 Å². The molecule has 0 saturated heterocycles. The molecule has 0 aromatic carbocycles. The highest BCUT2D eigenvalue weighted by atomic mass is 16.6. The third-order valence-electron chi connectivity index (χ3n) is 10.8. The summed E-state index contributed by atoms with van der Waals surface area (Å²) >= 11 is 0. The van der Waals surface area contributed by atoms with Gasteiger partial charge in [-0.1, -0.05) is 178 Å². The van der Waals surface area contributed by atoms with E-state index in [0.29, 0.717) is 132 Å². The molecule has 26 nitrogen and oxygen atoms in total. The largest absolute Gasteiger partial charge is 0.379 e. The van der Waals surface area contributed by atoms with Gasteiger partial charge in [0.1, 0.15) is 36.6 Å². The molecule has 0 saturated carbocycles. The van der Waals surface area contributed by atoms with Crippen molar-refractivity contribution in [2.45, 2.75) is 281 Å². The number of unbranched alkanes of at least 4 members (excludes halogenated alkanes) is 1. The summed E-state index contributed by atoms with van der Waals surface area (Å²) in [7, 11) is 0. The monoisotopic (exact) mass is 1540 g/mol. The normalized spacial score (nSPS) is 10.6. The summed E-state index contributed by atoms with van der Waals surface area (Å²) in [6, 6.07) is 8.26. The second-order valence-corrected chi connectivity index (χ2v) is 16.9. The third-order valence-corrected chi connectivity index (χ3v) is 10.8. The van der Waals surface area contributed by atoms with E-state index in [1.54, 1.807) is 0 Å². The van der Waals surface area contributed by atoms with Gasteiger partial charge in [-0.3, -0.25) is 21.3 Å². The highest BCUT2D eigenvalue weighted by Gasteiger charge is 2.35. The minimum atomic E-state index is -0.751. The summed E-state index contributed by atoms with van der Waals surface area (Å²) < 4.78 is 108. The van der Waals surface area contributed by atoms with E-state index in [1.165, 1.54) is 0 Å². The molecule has 0 heterocycles.